The average Bonchev–Trinajstić information content (AvgIpc) is 3.22. The van der Waals surface area contributed by atoms with Gasteiger partial charge in [-0.2, -0.15) is 0 Å². The van der Waals surface area contributed by atoms with Gasteiger partial charge >= 0.3 is 0 Å². The van der Waals surface area contributed by atoms with Gasteiger partial charge in [-0.1, -0.05) is 42.0 Å². The lowest BCUT2D eigenvalue weighted by Gasteiger charge is -2.17. The third-order valence-electron chi connectivity index (χ3n) is 5.68. The number of halogens is 1. The van der Waals surface area contributed by atoms with Gasteiger partial charge in [-0.3, -0.25) is 0 Å². The lowest BCUT2D eigenvalue weighted by atomic mass is 10.0. The zero-order valence-corrected chi connectivity index (χ0v) is 18.1. The standard InChI is InChI=1S/C26H22FN3O2/c1-16-7-9-18(10-8-16)25-21-15-30(14-17-5-4-6-19(27)11-17)22-13-24(32-3)23(31-2)12-20(22)26(21)29-28-25/h4-13,15H,14H2,1-3H3. The Hall–Kier alpha value is -3.93. The predicted molar refractivity (Wildman–Crippen MR) is 123 cm³/mol. The molecule has 3 aromatic rings. The molecule has 5 nitrogen and oxygen atoms in total. The first-order valence-corrected chi connectivity index (χ1v) is 10.3. The highest BCUT2D eigenvalue weighted by Gasteiger charge is 2.22. The van der Waals surface area contributed by atoms with Crippen molar-refractivity contribution in [3.63, 3.8) is 0 Å². The van der Waals surface area contributed by atoms with Gasteiger partial charge in [-0.25, -0.2) is 4.39 Å². The number of benzene rings is 3. The van der Waals surface area contributed by atoms with E-state index in [2.05, 4.69) is 46.0 Å². The van der Waals surface area contributed by atoms with Crippen LogP contribution in [-0.4, -0.2) is 29.0 Å². The Morgan fingerprint density at radius 2 is 1.59 bits per heavy atom. The second-order valence-corrected chi connectivity index (χ2v) is 7.79. The van der Waals surface area contributed by atoms with Crippen LogP contribution in [-0.2, 0) is 6.54 Å². The molecule has 6 heteroatoms. The molecule has 0 bridgehead atoms. The Balaban J connectivity index is 1.77. The van der Waals surface area contributed by atoms with Gasteiger partial charge in [0, 0.05) is 35.3 Å². The second kappa shape index (κ2) is 7.96. The molecule has 0 spiro atoms. The summed E-state index contributed by atoms with van der Waals surface area (Å²) in [7, 11) is 3.22. The molecule has 0 saturated carbocycles. The van der Waals surface area contributed by atoms with Crippen LogP contribution in [0.1, 0.15) is 11.1 Å². The summed E-state index contributed by atoms with van der Waals surface area (Å²) in [6.07, 6.45) is 2.03. The van der Waals surface area contributed by atoms with E-state index in [1.807, 2.05) is 24.4 Å². The van der Waals surface area contributed by atoms with Gasteiger partial charge in [0.25, 0.3) is 0 Å². The molecular formula is C26H22FN3O2. The van der Waals surface area contributed by atoms with Crippen LogP contribution in [0.15, 0.2) is 66.9 Å². The molecule has 0 fully saturated rings. The minimum Gasteiger partial charge on any atom is -0.493 e. The molecule has 0 radical (unpaired) electrons. The van der Waals surface area contributed by atoms with Crippen LogP contribution in [0.4, 0.5) is 4.39 Å². The van der Waals surface area contributed by atoms with Crippen LogP contribution in [0.5, 0.6) is 11.5 Å². The molecule has 2 aliphatic heterocycles. The monoisotopic (exact) mass is 427 g/mol. The summed E-state index contributed by atoms with van der Waals surface area (Å²) >= 11 is 0. The van der Waals surface area contributed by atoms with Crippen molar-refractivity contribution >= 4 is 10.9 Å². The van der Waals surface area contributed by atoms with Gasteiger partial charge in [0.2, 0.25) is 0 Å². The van der Waals surface area contributed by atoms with Gasteiger partial charge < -0.3 is 14.0 Å². The highest BCUT2D eigenvalue weighted by atomic mass is 19.1. The average molecular weight is 427 g/mol. The number of aryl methyl sites for hydroxylation is 1. The number of nitrogens with zero attached hydrogens (tertiary/aromatic N) is 3. The van der Waals surface area contributed by atoms with E-state index >= 15 is 0 Å². The van der Waals surface area contributed by atoms with Crippen LogP contribution < -0.4 is 9.47 Å². The fourth-order valence-corrected chi connectivity index (χ4v) is 4.05. The van der Waals surface area contributed by atoms with Crippen LogP contribution >= 0.6 is 0 Å². The van der Waals surface area contributed by atoms with Crippen LogP contribution in [0.2, 0.25) is 0 Å². The Morgan fingerprint density at radius 3 is 2.31 bits per heavy atom. The number of ether oxygens (including phenoxy) is 2. The summed E-state index contributed by atoms with van der Waals surface area (Å²) in [5, 5.41) is 9.92. The Morgan fingerprint density at radius 1 is 0.875 bits per heavy atom. The lowest BCUT2D eigenvalue weighted by molar-refractivity contribution is 0.355. The van der Waals surface area contributed by atoms with Crippen molar-refractivity contribution in [3.05, 3.63) is 83.8 Å². The minimum absolute atomic E-state index is 0.260. The summed E-state index contributed by atoms with van der Waals surface area (Å²) in [5.41, 5.74) is 6.45. The third-order valence-corrected chi connectivity index (χ3v) is 5.68. The number of rotatable bonds is 5. The normalized spacial score (nSPS) is 11.2. The summed E-state index contributed by atoms with van der Waals surface area (Å²) in [6, 6.07) is 18.7. The molecule has 0 unspecified atom stereocenters. The fraction of sp³-hybridized carbons (Fsp3) is 0.154. The smallest absolute Gasteiger partial charge is 0.162 e. The molecule has 0 atom stereocenters. The first-order valence-electron chi connectivity index (χ1n) is 10.3. The van der Waals surface area contributed by atoms with Gasteiger partial charge in [0.1, 0.15) is 17.2 Å². The molecular weight excluding hydrogens is 405 g/mol. The molecule has 0 amide bonds. The maximum atomic E-state index is 13.9. The summed E-state index contributed by atoms with van der Waals surface area (Å²) in [5.74, 6) is 0.972. The first-order chi connectivity index (χ1) is 15.6. The molecule has 2 heterocycles. The van der Waals surface area contributed by atoms with Crippen molar-refractivity contribution in [1.82, 2.24) is 14.8 Å². The first kappa shape index (κ1) is 20.0. The zero-order valence-electron chi connectivity index (χ0n) is 18.1. The highest BCUT2D eigenvalue weighted by Crippen LogP contribution is 2.41. The highest BCUT2D eigenvalue weighted by molar-refractivity contribution is 5.99. The van der Waals surface area contributed by atoms with E-state index < -0.39 is 0 Å². The zero-order chi connectivity index (χ0) is 22.2. The van der Waals surface area contributed by atoms with E-state index in [1.165, 1.54) is 11.6 Å². The van der Waals surface area contributed by atoms with Gasteiger partial charge in [0.15, 0.2) is 11.5 Å². The minimum atomic E-state index is -0.260. The topological polar surface area (TPSA) is 49.2 Å². The number of fused-ring (bicyclic) bond motifs is 3. The molecule has 160 valence electrons. The van der Waals surface area contributed by atoms with E-state index in [9.17, 15) is 4.39 Å². The molecule has 5 rings (SSSR count). The van der Waals surface area contributed by atoms with Crippen molar-refractivity contribution in [2.45, 2.75) is 13.5 Å². The van der Waals surface area contributed by atoms with Crippen molar-refractivity contribution < 1.29 is 13.9 Å². The predicted octanol–water partition coefficient (Wildman–Crippen LogP) is 5.72. The van der Waals surface area contributed by atoms with Crippen molar-refractivity contribution in [2.75, 3.05) is 14.2 Å². The van der Waals surface area contributed by atoms with Gasteiger partial charge in [-0.15, -0.1) is 10.2 Å². The number of methoxy groups -OCH3 is 2. The maximum absolute atomic E-state index is 13.9. The van der Waals surface area contributed by atoms with Gasteiger partial charge in [0.05, 0.1) is 19.7 Å². The quantitative estimate of drug-likeness (QED) is 0.360. The number of hydrogen-bond acceptors (Lipinski definition) is 4. The lowest BCUT2D eigenvalue weighted by Crippen LogP contribution is -2.05. The Labute approximate surface area is 185 Å². The molecule has 3 aromatic carbocycles. The third kappa shape index (κ3) is 3.43. The van der Waals surface area contributed by atoms with Gasteiger partial charge in [-0.05, 0) is 30.7 Å². The van der Waals surface area contributed by atoms with Crippen LogP contribution in [0, 0.1) is 12.7 Å². The van der Waals surface area contributed by atoms with E-state index in [0.717, 1.165) is 39.0 Å². The summed E-state index contributed by atoms with van der Waals surface area (Å²) in [4.78, 5) is 0. The largest absolute Gasteiger partial charge is 0.493 e. The maximum Gasteiger partial charge on any atom is 0.162 e. The molecule has 0 aliphatic carbocycles. The summed E-state index contributed by atoms with van der Waals surface area (Å²) < 4.78 is 27.0. The van der Waals surface area contributed by atoms with Crippen LogP contribution in [0.25, 0.3) is 33.4 Å². The number of pyridine rings is 1. The number of aromatic nitrogens is 3. The fourth-order valence-electron chi connectivity index (χ4n) is 4.05. The van der Waals surface area contributed by atoms with Crippen molar-refractivity contribution in [2.24, 2.45) is 0 Å². The van der Waals surface area contributed by atoms with Crippen LogP contribution in [0.3, 0.4) is 0 Å². The van der Waals surface area contributed by atoms with E-state index in [4.69, 9.17) is 9.47 Å². The molecule has 32 heavy (non-hydrogen) atoms. The molecule has 2 aliphatic rings. The second-order valence-electron chi connectivity index (χ2n) is 7.79. The van der Waals surface area contributed by atoms with Crippen molar-refractivity contribution in [3.8, 4) is 34.0 Å². The van der Waals surface area contributed by atoms with E-state index in [-0.39, 0.29) is 5.82 Å². The molecule has 0 N–H and O–H groups in total. The summed E-state index contributed by atoms with van der Waals surface area (Å²) in [6.45, 7) is 2.54. The van der Waals surface area contributed by atoms with E-state index in [0.29, 0.717) is 18.0 Å². The van der Waals surface area contributed by atoms with Crippen molar-refractivity contribution in [1.29, 1.82) is 0 Å². The molecule has 0 saturated heterocycles. The SMILES string of the molecule is COc1cc2c3nnc(-c4ccc(C)cc4)c-3cn(Cc3cccc(F)c3)c2cc1OC. The Bertz CT molecular complexity index is 1390. The Kier molecular flexibility index (Phi) is 4.98. The van der Waals surface area contributed by atoms with E-state index in [1.54, 1.807) is 26.4 Å². The number of hydrogen-bond donors (Lipinski definition) is 0. The molecule has 0 aromatic heterocycles.